The summed E-state index contributed by atoms with van der Waals surface area (Å²) in [6.45, 7) is 3.50. The second-order valence-corrected chi connectivity index (χ2v) is 5.95. The number of carbonyl (C=O) groups excluding carboxylic acids is 1. The lowest BCUT2D eigenvalue weighted by molar-refractivity contribution is -0.113. The van der Waals surface area contributed by atoms with Gasteiger partial charge in [-0.05, 0) is 26.0 Å². The van der Waals surface area contributed by atoms with Gasteiger partial charge in [0, 0.05) is 11.8 Å². The van der Waals surface area contributed by atoms with Gasteiger partial charge in [0.25, 0.3) is 11.1 Å². The number of hydrogen-bond donors (Lipinski definition) is 1. The number of nitriles is 1. The van der Waals surface area contributed by atoms with E-state index in [0.29, 0.717) is 22.6 Å². The van der Waals surface area contributed by atoms with Crippen molar-refractivity contribution in [3.63, 3.8) is 0 Å². The van der Waals surface area contributed by atoms with Gasteiger partial charge in [-0.3, -0.25) is 15.1 Å². The van der Waals surface area contributed by atoms with Crippen molar-refractivity contribution in [1.29, 1.82) is 5.26 Å². The summed E-state index contributed by atoms with van der Waals surface area (Å²) >= 11 is 1.08. The third kappa shape index (κ3) is 3.70. The zero-order valence-corrected chi connectivity index (χ0v) is 14.3. The van der Waals surface area contributed by atoms with E-state index in [1.54, 1.807) is 32.2 Å². The summed E-state index contributed by atoms with van der Waals surface area (Å²) in [5.41, 5.74) is 1.60. The maximum Gasteiger partial charge on any atom is 0.277 e. The average Bonchev–Trinajstić information content (AvgIpc) is 3.19. The molecule has 1 amide bonds. The van der Waals surface area contributed by atoms with Crippen LogP contribution in [-0.4, -0.2) is 26.8 Å². The van der Waals surface area contributed by atoms with Crippen molar-refractivity contribution in [2.45, 2.75) is 19.1 Å². The lowest BCUT2D eigenvalue weighted by Gasteiger charge is -2.00. The first-order chi connectivity index (χ1) is 12.1. The Labute approximate surface area is 147 Å². The fourth-order valence-corrected chi connectivity index (χ4v) is 2.56. The minimum Gasteiger partial charge on any atom is -0.444 e. The van der Waals surface area contributed by atoms with Crippen LogP contribution in [0.3, 0.4) is 0 Å². The van der Waals surface area contributed by atoms with Crippen molar-refractivity contribution < 1.29 is 13.6 Å². The standard InChI is InChI=1S/C16H13N5O3S/c1-9-10(2)23-14(11(9)7-17)19-13(22)8-25-16-21-20-15(24-16)12-5-3-4-6-18-12/h3-6H,8H2,1-2H3,(H,19,22). The minimum atomic E-state index is -0.340. The molecule has 3 aromatic rings. The van der Waals surface area contributed by atoms with E-state index in [0.717, 1.165) is 11.8 Å². The number of amides is 1. The smallest absolute Gasteiger partial charge is 0.277 e. The number of nitrogens with zero attached hydrogens (tertiary/aromatic N) is 4. The maximum atomic E-state index is 12.0. The predicted molar refractivity (Wildman–Crippen MR) is 89.8 cm³/mol. The molecule has 0 aliphatic heterocycles. The number of furan rings is 1. The third-order valence-corrected chi connectivity index (χ3v) is 4.19. The van der Waals surface area contributed by atoms with E-state index in [4.69, 9.17) is 14.1 Å². The lowest BCUT2D eigenvalue weighted by Crippen LogP contribution is -2.14. The highest BCUT2D eigenvalue weighted by Crippen LogP contribution is 2.26. The third-order valence-electron chi connectivity index (χ3n) is 3.37. The van der Waals surface area contributed by atoms with Gasteiger partial charge in [-0.25, -0.2) is 0 Å². The molecule has 0 radical (unpaired) electrons. The Kier molecular flexibility index (Phi) is 4.81. The number of aryl methyl sites for hydroxylation is 1. The fraction of sp³-hybridized carbons (Fsp3) is 0.188. The molecule has 0 aliphatic carbocycles. The van der Waals surface area contributed by atoms with Crippen LogP contribution in [-0.2, 0) is 4.79 Å². The van der Waals surface area contributed by atoms with Crippen molar-refractivity contribution >= 4 is 23.6 Å². The highest BCUT2D eigenvalue weighted by molar-refractivity contribution is 7.99. The van der Waals surface area contributed by atoms with Gasteiger partial charge < -0.3 is 8.83 Å². The second kappa shape index (κ2) is 7.19. The first-order valence-corrected chi connectivity index (χ1v) is 8.24. The van der Waals surface area contributed by atoms with Crippen LogP contribution in [0.4, 0.5) is 5.88 Å². The van der Waals surface area contributed by atoms with Crippen molar-refractivity contribution in [3.8, 4) is 17.7 Å². The molecule has 9 heteroatoms. The zero-order valence-electron chi connectivity index (χ0n) is 13.4. The molecule has 0 unspecified atom stereocenters. The first kappa shape index (κ1) is 16.7. The summed E-state index contributed by atoms with van der Waals surface area (Å²) in [7, 11) is 0. The fourth-order valence-electron chi connectivity index (χ4n) is 2.00. The number of rotatable bonds is 5. The molecular weight excluding hydrogens is 342 g/mol. The summed E-state index contributed by atoms with van der Waals surface area (Å²) in [5.74, 6) is 0.729. The van der Waals surface area contributed by atoms with Gasteiger partial charge in [0.05, 0.1) is 5.75 Å². The van der Waals surface area contributed by atoms with Crippen molar-refractivity contribution in [3.05, 3.63) is 41.3 Å². The number of pyridine rings is 1. The Morgan fingerprint density at radius 3 is 2.88 bits per heavy atom. The lowest BCUT2D eigenvalue weighted by atomic mass is 10.2. The van der Waals surface area contributed by atoms with Crippen LogP contribution in [0.15, 0.2) is 38.5 Å². The van der Waals surface area contributed by atoms with Crippen LogP contribution in [0.1, 0.15) is 16.9 Å². The molecule has 8 nitrogen and oxygen atoms in total. The SMILES string of the molecule is Cc1oc(NC(=O)CSc2nnc(-c3ccccn3)o2)c(C#N)c1C. The molecule has 25 heavy (non-hydrogen) atoms. The quantitative estimate of drug-likeness (QED) is 0.694. The number of thioether (sulfide) groups is 1. The van der Waals surface area contributed by atoms with Crippen LogP contribution >= 0.6 is 11.8 Å². The number of nitrogens with one attached hydrogen (secondary N) is 1. The molecule has 0 aromatic carbocycles. The molecule has 0 aliphatic rings. The molecule has 0 atom stereocenters. The molecule has 3 heterocycles. The van der Waals surface area contributed by atoms with Crippen LogP contribution in [0.2, 0.25) is 0 Å². The second-order valence-electron chi connectivity index (χ2n) is 5.02. The highest BCUT2D eigenvalue weighted by atomic mass is 32.2. The average molecular weight is 355 g/mol. The summed E-state index contributed by atoms with van der Waals surface area (Å²) in [6.07, 6.45) is 1.62. The van der Waals surface area contributed by atoms with E-state index in [-0.39, 0.29) is 28.7 Å². The van der Waals surface area contributed by atoms with Gasteiger partial charge in [0.15, 0.2) is 0 Å². The molecule has 0 fully saturated rings. The number of carbonyl (C=O) groups is 1. The molecule has 1 N–H and O–H groups in total. The van der Waals surface area contributed by atoms with E-state index in [9.17, 15) is 4.79 Å². The maximum absolute atomic E-state index is 12.0. The summed E-state index contributed by atoms with van der Waals surface area (Å²) in [5, 5.41) is 19.7. The molecule has 0 saturated heterocycles. The van der Waals surface area contributed by atoms with Gasteiger partial charge in [-0.2, -0.15) is 5.26 Å². The first-order valence-electron chi connectivity index (χ1n) is 7.26. The topological polar surface area (TPSA) is 118 Å². The highest BCUT2D eigenvalue weighted by Gasteiger charge is 2.17. The van der Waals surface area contributed by atoms with Gasteiger partial charge in [0.1, 0.15) is 23.1 Å². The Bertz CT molecular complexity index is 943. The van der Waals surface area contributed by atoms with E-state index < -0.39 is 0 Å². The Morgan fingerprint density at radius 1 is 1.32 bits per heavy atom. The Morgan fingerprint density at radius 2 is 2.16 bits per heavy atom. The van der Waals surface area contributed by atoms with E-state index >= 15 is 0 Å². The molecule has 0 bridgehead atoms. The summed E-state index contributed by atoms with van der Waals surface area (Å²) < 4.78 is 10.9. The largest absolute Gasteiger partial charge is 0.444 e. The molecule has 0 spiro atoms. The van der Waals surface area contributed by atoms with Gasteiger partial charge >= 0.3 is 0 Å². The van der Waals surface area contributed by atoms with Crippen molar-refractivity contribution in [1.82, 2.24) is 15.2 Å². The number of aromatic nitrogens is 3. The van der Waals surface area contributed by atoms with Crippen molar-refractivity contribution in [2.75, 3.05) is 11.1 Å². The van der Waals surface area contributed by atoms with Gasteiger partial charge in [-0.15, -0.1) is 10.2 Å². The molecule has 3 rings (SSSR count). The van der Waals surface area contributed by atoms with Gasteiger partial charge in [-0.1, -0.05) is 17.8 Å². The van der Waals surface area contributed by atoms with Crippen molar-refractivity contribution in [2.24, 2.45) is 0 Å². The predicted octanol–water partition coefficient (Wildman–Crippen LogP) is 2.94. The number of anilines is 1. The normalized spacial score (nSPS) is 10.4. The molecule has 0 saturated carbocycles. The van der Waals surface area contributed by atoms with E-state index in [1.165, 1.54) is 0 Å². The molecular formula is C16H13N5O3S. The monoisotopic (exact) mass is 355 g/mol. The zero-order chi connectivity index (χ0) is 17.8. The van der Waals surface area contributed by atoms with Crippen LogP contribution in [0.25, 0.3) is 11.6 Å². The minimum absolute atomic E-state index is 0.0352. The molecule has 126 valence electrons. The van der Waals surface area contributed by atoms with Crippen LogP contribution < -0.4 is 5.32 Å². The summed E-state index contributed by atoms with van der Waals surface area (Å²) in [4.78, 5) is 16.2. The van der Waals surface area contributed by atoms with E-state index in [1.807, 2.05) is 12.1 Å². The van der Waals surface area contributed by atoms with E-state index in [2.05, 4.69) is 20.5 Å². The Hall–Kier alpha value is -3.12. The molecule has 3 aromatic heterocycles. The summed E-state index contributed by atoms with van der Waals surface area (Å²) in [6, 6.07) is 7.37. The number of hydrogen-bond acceptors (Lipinski definition) is 8. The van der Waals surface area contributed by atoms with Gasteiger partial charge in [0.2, 0.25) is 11.8 Å². The van der Waals surface area contributed by atoms with Crippen LogP contribution in [0, 0.1) is 25.2 Å². The van der Waals surface area contributed by atoms with Crippen LogP contribution in [0.5, 0.6) is 0 Å². The Balaban J connectivity index is 1.61.